The highest BCUT2D eigenvalue weighted by Crippen LogP contribution is 2.36. The Balaban J connectivity index is 1.61. The van der Waals surface area contributed by atoms with E-state index >= 15 is 0 Å². The topological polar surface area (TPSA) is 102 Å². The van der Waals surface area contributed by atoms with Gasteiger partial charge in [-0.15, -0.1) is 0 Å². The van der Waals surface area contributed by atoms with Gasteiger partial charge in [0.2, 0.25) is 5.95 Å². The summed E-state index contributed by atoms with van der Waals surface area (Å²) >= 11 is 2.91. The summed E-state index contributed by atoms with van der Waals surface area (Å²) in [6, 6.07) is 9.38. The molecule has 43 heavy (non-hydrogen) atoms. The number of carbonyl (C=O) groups excluding carboxylic acids is 2. The van der Waals surface area contributed by atoms with Crippen molar-refractivity contribution in [3.8, 4) is 11.6 Å². The summed E-state index contributed by atoms with van der Waals surface area (Å²) in [4.78, 5) is 50.4. The number of hydrogen-bond donors (Lipinski definition) is 1. The Bertz CT molecular complexity index is 1780. The van der Waals surface area contributed by atoms with Crippen molar-refractivity contribution in [2.24, 2.45) is 0 Å². The van der Waals surface area contributed by atoms with Crippen molar-refractivity contribution in [1.29, 1.82) is 0 Å². The van der Waals surface area contributed by atoms with E-state index in [-0.39, 0.29) is 46.3 Å². The first kappa shape index (κ1) is 30.2. The maximum Gasteiger partial charge on any atom is 0.417 e. The Labute approximate surface area is 253 Å². The van der Waals surface area contributed by atoms with Crippen molar-refractivity contribution in [1.82, 2.24) is 29.3 Å². The molecule has 224 valence electrons. The molecule has 0 saturated heterocycles. The quantitative estimate of drug-likeness (QED) is 0.315. The first-order valence-corrected chi connectivity index (χ1v) is 14.3. The van der Waals surface area contributed by atoms with Crippen LogP contribution in [0.2, 0.25) is 0 Å². The number of carbonyl (C=O) groups is 2. The fraction of sp³-hybridized carbons (Fsp3) is 0.300. The van der Waals surface area contributed by atoms with E-state index < -0.39 is 23.7 Å². The minimum Gasteiger partial charge on any atom is -0.355 e. The maximum absolute atomic E-state index is 14.1. The number of benzene rings is 2. The van der Waals surface area contributed by atoms with Gasteiger partial charge in [-0.25, -0.2) is 14.5 Å². The van der Waals surface area contributed by atoms with Gasteiger partial charge in [0, 0.05) is 40.4 Å². The zero-order chi connectivity index (χ0) is 31.2. The van der Waals surface area contributed by atoms with Gasteiger partial charge in [0.15, 0.2) is 0 Å². The van der Waals surface area contributed by atoms with Crippen LogP contribution in [0.1, 0.15) is 69.9 Å². The first-order valence-electron chi connectivity index (χ1n) is 13.5. The molecule has 5 rings (SSSR count). The largest absolute Gasteiger partial charge is 0.417 e. The second-order valence-electron chi connectivity index (χ2n) is 10.6. The zero-order valence-electron chi connectivity index (χ0n) is 23.7. The van der Waals surface area contributed by atoms with E-state index in [1.54, 1.807) is 48.3 Å². The number of halogens is 4. The van der Waals surface area contributed by atoms with Crippen molar-refractivity contribution in [3.05, 3.63) is 103 Å². The van der Waals surface area contributed by atoms with Gasteiger partial charge < -0.3 is 10.2 Å². The zero-order valence-corrected chi connectivity index (χ0v) is 25.3. The summed E-state index contributed by atoms with van der Waals surface area (Å²) < 4.78 is 43.5. The molecule has 0 fully saturated rings. The van der Waals surface area contributed by atoms with Crippen molar-refractivity contribution in [2.45, 2.75) is 51.9 Å². The van der Waals surface area contributed by atoms with Gasteiger partial charge in [0.25, 0.3) is 17.4 Å². The van der Waals surface area contributed by atoms with Crippen LogP contribution in [0.5, 0.6) is 0 Å². The van der Waals surface area contributed by atoms with Gasteiger partial charge >= 0.3 is 6.18 Å². The number of hydrogen-bond acceptors (Lipinski definition) is 5. The monoisotopic (exact) mass is 656 g/mol. The lowest BCUT2D eigenvalue weighted by molar-refractivity contribution is -0.138. The predicted molar refractivity (Wildman–Crippen MR) is 157 cm³/mol. The number of amides is 2. The lowest BCUT2D eigenvalue weighted by Gasteiger charge is -2.34. The molecule has 2 amide bonds. The molecule has 0 saturated carbocycles. The Kier molecular flexibility index (Phi) is 8.03. The molecule has 1 aliphatic rings. The second kappa shape index (κ2) is 11.4. The summed E-state index contributed by atoms with van der Waals surface area (Å²) in [6.45, 7) is 5.63. The number of rotatable bonds is 5. The number of nitrogens with one attached hydrogen (secondary N) is 1. The summed E-state index contributed by atoms with van der Waals surface area (Å²) in [7, 11) is 1.53. The van der Waals surface area contributed by atoms with Crippen LogP contribution in [-0.2, 0) is 19.1 Å². The van der Waals surface area contributed by atoms with E-state index in [0.717, 1.165) is 11.8 Å². The van der Waals surface area contributed by atoms with Gasteiger partial charge in [-0.1, -0.05) is 29.8 Å². The Hall–Kier alpha value is -4.26. The Morgan fingerprint density at radius 1 is 1.09 bits per heavy atom. The summed E-state index contributed by atoms with van der Waals surface area (Å²) in [5, 5.41) is 2.56. The standard InChI is InChI=1S/C30H28BrF3N6O3/c1-16(2)24-13-38(15-36-24)29-37-25-14-39(27(42)19-7-10-23(31)22(12-19)30(32,33)34)17(3)11-21(25)28(43)40(29)20-8-5-18(6-9-20)26(41)35-4/h5-10,12-13,15-17H,11,14H2,1-4H3,(H,35,41)/t17-/m1/s1. The van der Waals surface area contributed by atoms with Crippen LogP contribution in [0.3, 0.4) is 0 Å². The molecule has 0 aliphatic carbocycles. The van der Waals surface area contributed by atoms with Crippen LogP contribution in [0.15, 0.2) is 64.3 Å². The van der Waals surface area contributed by atoms with Crippen LogP contribution in [0.4, 0.5) is 13.2 Å². The van der Waals surface area contributed by atoms with Gasteiger partial charge in [0.05, 0.1) is 29.2 Å². The smallest absolute Gasteiger partial charge is 0.355 e. The molecule has 1 atom stereocenters. The van der Waals surface area contributed by atoms with Crippen LogP contribution < -0.4 is 10.9 Å². The van der Waals surface area contributed by atoms with E-state index in [2.05, 4.69) is 26.2 Å². The number of nitrogens with zero attached hydrogens (tertiary/aromatic N) is 5. The van der Waals surface area contributed by atoms with Crippen molar-refractivity contribution in [2.75, 3.05) is 7.05 Å². The number of imidazole rings is 1. The molecular weight excluding hydrogens is 629 g/mol. The molecule has 9 nitrogen and oxygen atoms in total. The molecule has 0 bridgehead atoms. The fourth-order valence-corrected chi connectivity index (χ4v) is 5.49. The summed E-state index contributed by atoms with van der Waals surface area (Å²) in [5.74, 6) is -0.545. The lowest BCUT2D eigenvalue weighted by atomic mass is 9.98. The summed E-state index contributed by atoms with van der Waals surface area (Å²) in [6.07, 6.45) is -1.18. The van der Waals surface area contributed by atoms with E-state index in [1.807, 2.05) is 13.8 Å². The molecule has 13 heteroatoms. The molecular formula is C30H28BrF3N6O3. The van der Waals surface area contributed by atoms with Crippen LogP contribution in [-0.4, -0.2) is 48.9 Å². The van der Waals surface area contributed by atoms with E-state index in [0.29, 0.717) is 22.5 Å². The fourth-order valence-electron chi connectivity index (χ4n) is 5.02. The van der Waals surface area contributed by atoms with Gasteiger partial charge in [-0.2, -0.15) is 13.2 Å². The van der Waals surface area contributed by atoms with Crippen molar-refractivity contribution in [3.63, 3.8) is 0 Å². The number of aromatic nitrogens is 4. The maximum atomic E-state index is 14.1. The average molecular weight is 657 g/mol. The highest BCUT2D eigenvalue weighted by molar-refractivity contribution is 9.10. The third kappa shape index (κ3) is 5.73. The molecule has 0 unspecified atom stereocenters. The molecule has 2 aromatic carbocycles. The molecule has 4 aromatic rings. The highest BCUT2D eigenvalue weighted by atomic mass is 79.9. The third-order valence-electron chi connectivity index (χ3n) is 7.42. The summed E-state index contributed by atoms with van der Waals surface area (Å²) in [5.41, 5.74) is 0.986. The van der Waals surface area contributed by atoms with Crippen molar-refractivity contribution >= 4 is 27.7 Å². The minimum atomic E-state index is -4.64. The number of alkyl halides is 3. The molecule has 3 heterocycles. The molecule has 1 aliphatic heterocycles. The molecule has 2 aromatic heterocycles. The Morgan fingerprint density at radius 2 is 1.77 bits per heavy atom. The lowest BCUT2D eigenvalue weighted by Crippen LogP contribution is -2.46. The van der Waals surface area contributed by atoms with Gasteiger partial charge in [0.1, 0.15) is 6.33 Å². The van der Waals surface area contributed by atoms with Crippen molar-refractivity contribution < 1.29 is 22.8 Å². The van der Waals surface area contributed by atoms with Gasteiger partial charge in [-0.05, 0) is 61.7 Å². The third-order valence-corrected chi connectivity index (χ3v) is 8.11. The average Bonchev–Trinajstić information content (AvgIpc) is 3.47. The minimum absolute atomic E-state index is 0.0722. The van der Waals surface area contributed by atoms with Crippen LogP contribution in [0, 0.1) is 0 Å². The van der Waals surface area contributed by atoms with Crippen LogP contribution >= 0.6 is 15.9 Å². The van der Waals surface area contributed by atoms with Crippen LogP contribution in [0.25, 0.3) is 11.6 Å². The van der Waals surface area contributed by atoms with E-state index in [9.17, 15) is 27.6 Å². The molecule has 0 radical (unpaired) electrons. The Morgan fingerprint density at radius 3 is 2.37 bits per heavy atom. The molecule has 1 N–H and O–H groups in total. The van der Waals surface area contributed by atoms with Gasteiger partial charge in [-0.3, -0.25) is 19.0 Å². The predicted octanol–water partition coefficient (Wildman–Crippen LogP) is 5.27. The SMILES string of the molecule is CNC(=O)c1ccc(-n2c(-n3cnc(C(C)C)c3)nc3c(c2=O)C[C@@H](C)N(C(=O)c2ccc(Br)c(C(F)(F)F)c2)C3)cc1. The van der Waals surface area contributed by atoms with E-state index in [1.165, 1.54) is 28.6 Å². The highest BCUT2D eigenvalue weighted by Gasteiger charge is 2.36. The van der Waals surface area contributed by atoms with E-state index in [4.69, 9.17) is 4.98 Å². The first-order chi connectivity index (χ1) is 20.3. The second-order valence-corrected chi connectivity index (χ2v) is 11.5. The normalized spacial score (nSPS) is 15.0. The molecule has 0 spiro atoms. The number of fused-ring (bicyclic) bond motifs is 1.